The molecule has 2 N–H and O–H groups in total. The lowest BCUT2D eigenvalue weighted by Crippen LogP contribution is -2.12. The highest BCUT2D eigenvalue weighted by Gasteiger charge is 2.19. The molecule has 0 saturated carbocycles. The normalized spacial score (nSPS) is 11.1. The molecule has 0 aromatic carbocycles. The number of sulfonamides is 1. The zero-order valence-electron chi connectivity index (χ0n) is 8.90. The highest BCUT2D eigenvalue weighted by Crippen LogP contribution is 2.23. The second-order valence-electron chi connectivity index (χ2n) is 3.24. The Balaban J connectivity index is 2.28. The first-order valence-corrected chi connectivity index (χ1v) is 7.06. The highest BCUT2D eigenvalue weighted by atomic mass is 32.2. The molecule has 18 heavy (non-hydrogen) atoms. The van der Waals surface area contributed by atoms with Crippen molar-refractivity contribution < 1.29 is 18.3 Å². The summed E-state index contributed by atoms with van der Waals surface area (Å²) in [7, 11) is -3.78. The van der Waals surface area contributed by atoms with Gasteiger partial charge in [-0.3, -0.25) is 4.72 Å². The van der Waals surface area contributed by atoms with E-state index in [0.717, 1.165) is 0 Å². The van der Waals surface area contributed by atoms with E-state index in [2.05, 4.69) is 9.71 Å². The molecule has 0 aliphatic carbocycles. The number of nitrogens with zero attached hydrogens (tertiary/aromatic N) is 1. The molecule has 6 nitrogen and oxygen atoms in total. The van der Waals surface area contributed by atoms with Crippen molar-refractivity contribution >= 4 is 33.1 Å². The second kappa shape index (κ2) is 4.75. The third-order valence-electron chi connectivity index (χ3n) is 1.96. The third kappa shape index (κ3) is 2.66. The van der Waals surface area contributed by atoms with Crippen LogP contribution < -0.4 is 4.72 Å². The van der Waals surface area contributed by atoms with Crippen LogP contribution in [0.15, 0.2) is 40.7 Å². The lowest BCUT2D eigenvalue weighted by molar-refractivity contribution is 0.0702. The minimum Gasteiger partial charge on any atom is -0.477 e. The molecule has 2 rings (SSSR count). The summed E-state index contributed by atoms with van der Waals surface area (Å²) in [5, 5.41) is 8.74. The Morgan fingerprint density at radius 1 is 1.28 bits per heavy atom. The molecule has 2 aromatic rings. The summed E-state index contributed by atoms with van der Waals surface area (Å²) in [6.45, 7) is 0. The maximum absolute atomic E-state index is 11.9. The summed E-state index contributed by atoms with van der Waals surface area (Å²) in [6, 6.07) is 7.30. The molecule has 0 saturated heterocycles. The molecule has 0 atom stereocenters. The molecule has 2 heterocycles. The van der Waals surface area contributed by atoms with Gasteiger partial charge in [0.05, 0.1) is 0 Å². The van der Waals surface area contributed by atoms with Gasteiger partial charge in [0.1, 0.15) is 14.9 Å². The average molecular weight is 284 g/mol. The van der Waals surface area contributed by atoms with E-state index in [1.165, 1.54) is 24.4 Å². The first kappa shape index (κ1) is 12.5. The van der Waals surface area contributed by atoms with Crippen molar-refractivity contribution in [2.24, 2.45) is 0 Å². The Labute approximate surface area is 107 Å². The van der Waals surface area contributed by atoms with E-state index in [-0.39, 0.29) is 14.9 Å². The van der Waals surface area contributed by atoms with Crippen molar-refractivity contribution in [2.75, 3.05) is 4.72 Å². The molecule has 2 aromatic heterocycles. The monoisotopic (exact) mass is 284 g/mol. The van der Waals surface area contributed by atoms with Crippen LogP contribution in [-0.4, -0.2) is 24.5 Å². The van der Waals surface area contributed by atoms with Gasteiger partial charge in [0, 0.05) is 6.20 Å². The van der Waals surface area contributed by atoms with Gasteiger partial charge in [-0.15, -0.1) is 11.3 Å². The molecule has 94 valence electrons. The average Bonchev–Trinajstić information content (AvgIpc) is 2.79. The lowest BCUT2D eigenvalue weighted by Gasteiger charge is -2.03. The van der Waals surface area contributed by atoms with Gasteiger partial charge >= 0.3 is 5.97 Å². The third-order valence-corrected chi connectivity index (χ3v) is 4.88. The quantitative estimate of drug-likeness (QED) is 0.889. The number of aromatic carboxylic acids is 1. The molecule has 0 fully saturated rings. The van der Waals surface area contributed by atoms with E-state index >= 15 is 0 Å². The van der Waals surface area contributed by atoms with E-state index in [0.29, 0.717) is 11.3 Å². The number of carboxylic acids is 1. The van der Waals surface area contributed by atoms with Gasteiger partial charge in [-0.05, 0) is 24.3 Å². The van der Waals surface area contributed by atoms with Crippen LogP contribution in [0.2, 0.25) is 0 Å². The molecule has 0 aliphatic rings. The van der Waals surface area contributed by atoms with Crippen molar-refractivity contribution in [3.05, 3.63) is 41.4 Å². The van der Waals surface area contributed by atoms with E-state index in [1.807, 2.05) is 0 Å². The molecule has 0 unspecified atom stereocenters. The largest absolute Gasteiger partial charge is 0.477 e. The fourth-order valence-electron chi connectivity index (χ4n) is 1.19. The van der Waals surface area contributed by atoms with Gasteiger partial charge in [-0.2, -0.15) is 0 Å². The molecular weight excluding hydrogens is 276 g/mol. The summed E-state index contributed by atoms with van der Waals surface area (Å²) >= 11 is 0.689. The molecule has 0 amide bonds. The van der Waals surface area contributed by atoms with E-state index in [4.69, 9.17) is 5.11 Å². The lowest BCUT2D eigenvalue weighted by atomic mass is 10.5. The number of thiophene rings is 1. The molecule has 0 spiro atoms. The molecular formula is C10H8N2O4S2. The van der Waals surface area contributed by atoms with E-state index in [1.54, 1.807) is 12.1 Å². The number of anilines is 1. The highest BCUT2D eigenvalue weighted by molar-refractivity contribution is 7.94. The number of aromatic nitrogens is 1. The summed E-state index contributed by atoms with van der Waals surface area (Å²) in [5.74, 6) is -0.970. The van der Waals surface area contributed by atoms with Crippen molar-refractivity contribution in [1.82, 2.24) is 4.98 Å². The van der Waals surface area contributed by atoms with Crippen LogP contribution in [0.5, 0.6) is 0 Å². The van der Waals surface area contributed by atoms with Crippen LogP contribution in [0.3, 0.4) is 0 Å². The van der Waals surface area contributed by atoms with Crippen molar-refractivity contribution in [1.29, 1.82) is 0 Å². The first-order valence-electron chi connectivity index (χ1n) is 4.76. The number of hydrogen-bond donors (Lipinski definition) is 2. The minimum absolute atomic E-state index is 0.0311. The van der Waals surface area contributed by atoms with Crippen LogP contribution in [0.1, 0.15) is 9.67 Å². The van der Waals surface area contributed by atoms with Crippen LogP contribution >= 0.6 is 11.3 Å². The van der Waals surface area contributed by atoms with Gasteiger partial charge in [0.15, 0.2) is 0 Å². The number of hydrogen-bond acceptors (Lipinski definition) is 5. The minimum atomic E-state index is -3.78. The Bertz CT molecular complexity index is 664. The van der Waals surface area contributed by atoms with Crippen LogP contribution in [0.4, 0.5) is 5.82 Å². The fourth-order valence-corrected chi connectivity index (χ4v) is 3.34. The Hall–Kier alpha value is -1.93. The predicted molar refractivity (Wildman–Crippen MR) is 66.3 cm³/mol. The van der Waals surface area contributed by atoms with Crippen LogP contribution in [-0.2, 0) is 10.0 Å². The number of pyridine rings is 1. The van der Waals surface area contributed by atoms with Crippen molar-refractivity contribution in [3.63, 3.8) is 0 Å². The second-order valence-corrected chi connectivity index (χ2v) is 6.24. The summed E-state index contributed by atoms with van der Waals surface area (Å²) in [5.41, 5.74) is 0. The van der Waals surface area contributed by atoms with E-state index < -0.39 is 16.0 Å². The number of carboxylic acid groups (broad SMARTS) is 1. The van der Waals surface area contributed by atoms with Crippen molar-refractivity contribution in [2.45, 2.75) is 4.21 Å². The smallest absolute Gasteiger partial charge is 0.345 e. The fraction of sp³-hybridized carbons (Fsp3) is 0. The number of carbonyl (C=O) groups is 1. The maximum atomic E-state index is 11.9. The van der Waals surface area contributed by atoms with Crippen LogP contribution in [0.25, 0.3) is 0 Å². The van der Waals surface area contributed by atoms with E-state index in [9.17, 15) is 13.2 Å². The Morgan fingerprint density at radius 2 is 2.06 bits per heavy atom. The molecule has 0 aliphatic heterocycles. The summed E-state index contributed by atoms with van der Waals surface area (Å²) in [6.07, 6.45) is 1.45. The van der Waals surface area contributed by atoms with Gasteiger partial charge < -0.3 is 5.11 Å². The Morgan fingerprint density at radius 3 is 2.61 bits per heavy atom. The van der Waals surface area contributed by atoms with Gasteiger partial charge in [0.25, 0.3) is 10.0 Å². The topological polar surface area (TPSA) is 96.4 Å². The summed E-state index contributed by atoms with van der Waals surface area (Å²) in [4.78, 5) is 14.5. The van der Waals surface area contributed by atoms with Gasteiger partial charge in [-0.1, -0.05) is 6.07 Å². The maximum Gasteiger partial charge on any atom is 0.345 e. The zero-order valence-corrected chi connectivity index (χ0v) is 10.5. The summed E-state index contributed by atoms with van der Waals surface area (Å²) < 4.78 is 26.0. The molecule has 0 radical (unpaired) electrons. The van der Waals surface area contributed by atoms with Crippen LogP contribution in [0, 0.1) is 0 Å². The first-order chi connectivity index (χ1) is 8.49. The van der Waals surface area contributed by atoms with Crippen molar-refractivity contribution in [3.8, 4) is 0 Å². The predicted octanol–water partition coefficient (Wildman–Crippen LogP) is 1.64. The zero-order chi connectivity index (χ0) is 13.2. The number of nitrogens with one attached hydrogen (secondary N) is 1. The molecule has 0 bridgehead atoms. The Kier molecular flexibility index (Phi) is 3.30. The SMILES string of the molecule is O=C(O)c1ccc(S(=O)(=O)Nc2ccccn2)s1. The standard InChI is InChI=1S/C10H8N2O4S2/c13-10(14)7-4-5-9(17-7)18(15,16)12-8-3-1-2-6-11-8/h1-6H,(H,11,12)(H,13,14). The molecule has 8 heteroatoms. The number of rotatable bonds is 4. The van der Waals surface area contributed by atoms with Gasteiger partial charge in [0.2, 0.25) is 0 Å². The van der Waals surface area contributed by atoms with Gasteiger partial charge in [-0.25, -0.2) is 18.2 Å².